The lowest BCUT2D eigenvalue weighted by atomic mass is 9.87. The Morgan fingerprint density at radius 2 is 1.04 bits per heavy atom. The molecule has 0 saturated heterocycles. The summed E-state index contributed by atoms with van der Waals surface area (Å²) in [4.78, 5) is 23.9. The Morgan fingerprint density at radius 1 is 0.750 bits per heavy atom. The molecule has 6 heteroatoms. The summed E-state index contributed by atoms with van der Waals surface area (Å²) in [6, 6.07) is 3.77. The average molecular weight is 380 g/mol. The first-order valence-corrected chi connectivity index (χ1v) is 8.91. The van der Waals surface area contributed by atoms with E-state index >= 15 is 0 Å². The van der Waals surface area contributed by atoms with Gasteiger partial charge in [0.15, 0.2) is 0 Å². The van der Waals surface area contributed by atoms with E-state index in [1.807, 2.05) is 39.8 Å². The van der Waals surface area contributed by atoms with Crippen LogP contribution in [0.3, 0.4) is 0 Å². The van der Waals surface area contributed by atoms with E-state index in [0.717, 1.165) is 33.4 Å². The second kappa shape index (κ2) is 10.1. The van der Waals surface area contributed by atoms with Gasteiger partial charge in [0, 0.05) is 0 Å². The maximum absolute atomic E-state index is 11.9. The summed E-state index contributed by atoms with van der Waals surface area (Å²) < 4.78 is 9.84. The molecule has 0 aromatic heterocycles. The monoisotopic (exact) mass is 380 g/mol. The number of rotatable bonds is 6. The van der Waals surface area contributed by atoms with Crippen LogP contribution in [0.4, 0.5) is 0 Å². The van der Waals surface area contributed by atoms with E-state index in [0.29, 0.717) is 0 Å². The molecule has 0 aliphatic heterocycles. The molecule has 28 heavy (non-hydrogen) atoms. The molecule has 1 aromatic carbocycles. The van der Waals surface area contributed by atoms with Crippen molar-refractivity contribution in [1.29, 1.82) is 10.5 Å². The smallest absolute Gasteiger partial charge is 0.348 e. The summed E-state index contributed by atoms with van der Waals surface area (Å²) in [5.74, 6) is -1.34. The number of nitriles is 2. The SMILES string of the molecule is CCOC(=O)C(C#N)=Cc1c(C)c(C)c(C=C(C#N)C(=O)OCC)c(C)c1C. The van der Waals surface area contributed by atoms with Gasteiger partial charge in [0.2, 0.25) is 0 Å². The van der Waals surface area contributed by atoms with Gasteiger partial charge in [0.1, 0.15) is 23.3 Å². The molecule has 0 N–H and O–H groups in total. The largest absolute Gasteiger partial charge is 0.462 e. The Morgan fingerprint density at radius 3 is 1.25 bits per heavy atom. The van der Waals surface area contributed by atoms with Gasteiger partial charge in [0.05, 0.1) is 13.2 Å². The van der Waals surface area contributed by atoms with E-state index in [9.17, 15) is 20.1 Å². The molecule has 0 spiro atoms. The van der Waals surface area contributed by atoms with E-state index in [4.69, 9.17) is 9.47 Å². The number of hydrogen-bond donors (Lipinski definition) is 0. The Labute approximate surface area is 165 Å². The number of nitrogens with zero attached hydrogens (tertiary/aromatic N) is 2. The fraction of sp³-hybridized carbons (Fsp3) is 0.364. The molecular weight excluding hydrogens is 356 g/mol. The first kappa shape index (κ1) is 22.7. The first-order valence-electron chi connectivity index (χ1n) is 8.91. The van der Waals surface area contributed by atoms with Gasteiger partial charge in [-0.3, -0.25) is 0 Å². The molecule has 146 valence electrons. The fourth-order valence-corrected chi connectivity index (χ4v) is 2.78. The van der Waals surface area contributed by atoms with Crippen molar-refractivity contribution in [1.82, 2.24) is 0 Å². The zero-order valence-corrected chi connectivity index (χ0v) is 17.1. The topological polar surface area (TPSA) is 100 Å². The highest BCUT2D eigenvalue weighted by Crippen LogP contribution is 2.30. The Bertz CT molecular complexity index is 835. The normalized spacial score (nSPS) is 11.4. The maximum atomic E-state index is 11.9. The predicted octanol–water partition coefficient (Wildman–Crippen LogP) is 3.86. The number of ether oxygens (including phenoxy) is 2. The molecule has 6 nitrogen and oxygen atoms in total. The number of carbonyl (C=O) groups is 2. The van der Waals surface area contributed by atoms with Crippen molar-refractivity contribution in [2.24, 2.45) is 0 Å². The van der Waals surface area contributed by atoms with Crippen molar-refractivity contribution in [3.63, 3.8) is 0 Å². The van der Waals surface area contributed by atoms with E-state index in [-0.39, 0.29) is 24.4 Å². The van der Waals surface area contributed by atoms with Crippen LogP contribution in [0.25, 0.3) is 12.2 Å². The minimum absolute atomic E-state index is 0.0839. The van der Waals surface area contributed by atoms with E-state index in [1.165, 1.54) is 12.2 Å². The van der Waals surface area contributed by atoms with Gasteiger partial charge in [-0.25, -0.2) is 9.59 Å². The molecule has 0 bridgehead atoms. The highest BCUT2D eigenvalue weighted by molar-refractivity contribution is 6.00. The van der Waals surface area contributed by atoms with E-state index in [2.05, 4.69) is 0 Å². The van der Waals surface area contributed by atoms with Crippen molar-refractivity contribution in [3.8, 4) is 12.1 Å². The molecule has 0 atom stereocenters. The second-order valence-electron chi connectivity index (χ2n) is 6.11. The molecule has 0 aliphatic carbocycles. The number of carbonyl (C=O) groups excluding carboxylic acids is 2. The third kappa shape index (κ3) is 4.86. The fourth-order valence-electron chi connectivity index (χ4n) is 2.78. The number of benzene rings is 1. The van der Waals surface area contributed by atoms with Gasteiger partial charge in [-0.2, -0.15) is 10.5 Å². The van der Waals surface area contributed by atoms with Crippen molar-refractivity contribution >= 4 is 24.1 Å². The molecular formula is C22H24N2O4. The maximum Gasteiger partial charge on any atom is 0.348 e. The molecule has 0 amide bonds. The van der Waals surface area contributed by atoms with Crippen LogP contribution in [-0.2, 0) is 19.1 Å². The Kier molecular flexibility index (Phi) is 8.16. The van der Waals surface area contributed by atoms with Crippen molar-refractivity contribution in [2.75, 3.05) is 13.2 Å². The summed E-state index contributed by atoms with van der Waals surface area (Å²) in [5.41, 5.74) is 4.68. The van der Waals surface area contributed by atoms with Gasteiger partial charge >= 0.3 is 11.9 Å². The third-order valence-corrected chi connectivity index (χ3v) is 4.55. The zero-order chi connectivity index (χ0) is 21.4. The van der Waals surface area contributed by atoms with Gasteiger partial charge in [-0.15, -0.1) is 0 Å². The van der Waals surface area contributed by atoms with Crippen LogP contribution in [0.5, 0.6) is 0 Å². The van der Waals surface area contributed by atoms with Crippen molar-refractivity contribution in [3.05, 3.63) is 44.5 Å². The Hall–Kier alpha value is -3.38. The molecule has 1 aromatic rings. The summed E-state index contributed by atoms with van der Waals surface area (Å²) >= 11 is 0. The van der Waals surface area contributed by atoms with Gasteiger partial charge in [0.25, 0.3) is 0 Å². The zero-order valence-electron chi connectivity index (χ0n) is 17.1. The highest BCUT2D eigenvalue weighted by atomic mass is 16.5. The summed E-state index contributed by atoms with van der Waals surface area (Å²) in [5, 5.41) is 18.6. The highest BCUT2D eigenvalue weighted by Gasteiger charge is 2.18. The standard InChI is InChI=1S/C22H24N2O4/c1-7-27-21(25)17(11-23)9-19-13(3)15(5)20(16(6)14(19)4)10-18(12-24)22(26)28-8-2/h9-10H,7-8H2,1-6H3. The first-order chi connectivity index (χ1) is 13.2. The minimum Gasteiger partial charge on any atom is -0.462 e. The number of hydrogen-bond acceptors (Lipinski definition) is 6. The number of esters is 2. The van der Waals surface area contributed by atoms with Crippen LogP contribution in [0, 0.1) is 50.4 Å². The summed E-state index contributed by atoms with van der Waals surface area (Å²) in [6.07, 6.45) is 3.04. The van der Waals surface area contributed by atoms with Crippen LogP contribution >= 0.6 is 0 Å². The molecule has 0 radical (unpaired) electrons. The second-order valence-corrected chi connectivity index (χ2v) is 6.11. The van der Waals surface area contributed by atoms with Crippen molar-refractivity contribution < 1.29 is 19.1 Å². The summed E-state index contributed by atoms with van der Waals surface area (Å²) in [6.45, 7) is 11.2. The average Bonchev–Trinajstić information content (AvgIpc) is 2.67. The molecule has 0 fully saturated rings. The molecule has 1 rings (SSSR count). The van der Waals surface area contributed by atoms with Crippen LogP contribution in [0.1, 0.15) is 47.2 Å². The van der Waals surface area contributed by atoms with Gasteiger partial charge in [-0.1, -0.05) is 0 Å². The van der Waals surface area contributed by atoms with Crippen LogP contribution < -0.4 is 0 Å². The van der Waals surface area contributed by atoms with Crippen molar-refractivity contribution in [2.45, 2.75) is 41.5 Å². The van der Waals surface area contributed by atoms with Crippen LogP contribution in [0.15, 0.2) is 11.1 Å². The third-order valence-electron chi connectivity index (χ3n) is 4.55. The quantitative estimate of drug-likeness (QED) is 0.422. The molecule has 0 aliphatic rings. The van der Waals surface area contributed by atoms with Crippen LogP contribution in [-0.4, -0.2) is 25.2 Å². The minimum atomic E-state index is -0.669. The molecule has 0 heterocycles. The molecule has 0 unspecified atom stereocenters. The van der Waals surface area contributed by atoms with Crippen LogP contribution in [0.2, 0.25) is 0 Å². The lowest BCUT2D eigenvalue weighted by Crippen LogP contribution is -2.08. The van der Waals surface area contributed by atoms with E-state index in [1.54, 1.807) is 13.8 Å². The summed E-state index contributed by atoms with van der Waals surface area (Å²) in [7, 11) is 0. The van der Waals surface area contributed by atoms with Gasteiger partial charge in [-0.05, 0) is 87.1 Å². The van der Waals surface area contributed by atoms with E-state index < -0.39 is 11.9 Å². The molecule has 0 saturated carbocycles. The van der Waals surface area contributed by atoms with Gasteiger partial charge < -0.3 is 9.47 Å². The lowest BCUT2D eigenvalue weighted by Gasteiger charge is -2.17. The lowest BCUT2D eigenvalue weighted by molar-refractivity contribution is -0.138. The Balaban J connectivity index is 3.64. The predicted molar refractivity (Wildman–Crippen MR) is 106 cm³/mol.